The molecule has 3 rings (SSSR count). The van der Waals surface area contributed by atoms with Crippen LogP contribution in [0.25, 0.3) is 0 Å². The van der Waals surface area contributed by atoms with Gasteiger partial charge in [0.2, 0.25) is 0 Å². The molecule has 0 aliphatic carbocycles. The number of hydrogen-bond acceptors (Lipinski definition) is 6. The van der Waals surface area contributed by atoms with Crippen molar-refractivity contribution in [3.8, 4) is 0 Å². The molecule has 128 valence electrons. The minimum Gasteiger partial charge on any atom is -0.383 e. The summed E-state index contributed by atoms with van der Waals surface area (Å²) in [5.74, 6) is -0.175. The van der Waals surface area contributed by atoms with Gasteiger partial charge in [-0.25, -0.2) is 14.3 Å². The fourth-order valence-corrected chi connectivity index (χ4v) is 2.82. The Morgan fingerprint density at radius 3 is 3.04 bits per heavy atom. The molecule has 0 aromatic carbocycles. The fourth-order valence-electron chi connectivity index (χ4n) is 2.82. The van der Waals surface area contributed by atoms with Gasteiger partial charge in [0.1, 0.15) is 18.3 Å². The van der Waals surface area contributed by atoms with E-state index in [1.165, 1.54) is 23.1 Å². The quantitative estimate of drug-likeness (QED) is 0.762. The topological polar surface area (TPSA) is 95.1 Å². The molecule has 1 aliphatic rings. The van der Waals surface area contributed by atoms with Crippen LogP contribution in [0, 0.1) is 0 Å². The number of carbonyl (C=O) groups is 1. The Kier molecular flexibility index (Phi) is 4.99. The first-order chi connectivity index (χ1) is 11.7. The van der Waals surface area contributed by atoms with Crippen molar-refractivity contribution in [3.05, 3.63) is 40.8 Å². The van der Waals surface area contributed by atoms with Crippen LogP contribution in [0.15, 0.2) is 29.6 Å². The third-order valence-electron chi connectivity index (χ3n) is 4.09. The highest BCUT2D eigenvalue weighted by molar-refractivity contribution is 5.92. The minimum atomic E-state index is -0.247. The first-order valence-corrected chi connectivity index (χ1v) is 7.89. The molecular formula is C15H20N6O3. The molecule has 0 radical (unpaired) electrons. The Morgan fingerprint density at radius 2 is 2.29 bits per heavy atom. The lowest BCUT2D eigenvalue weighted by atomic mass is 10.1. The number of amides is 1. The van der Waals surface area contributed by atoms with Crippen LogP contribution in [0.2, 0.25) is 0 Å². The highest BCUT2D eigenvalue weighted by Crippen LogP contribution is 2.21. The molecule has 1 atom stereocenters. The van der Waals surface area contributed by atoms with Gasteiger partial charge in [-0.05, 0) is 18.9 Å². The minimum absolute atomic E-state index is 0.115. The van der Waals surface area contributed by atoms with E-state index in [-0.39, 0.29) is 23.2 Å². The zero-order valence-corrected chi connectivity index (χ0v) is 13.5. The van der Waals surface area contributed by atoms with Crippen LogP contribution in [0.1, 0.15) is 29.4 Å². The van der Waals surface area contributed by atoms with Gasteiger partial charge < -0.3 is 9.64 Å². The van der Waals surface area contributed by atoms with Crippen molar-refractivity contribution in [2.45, 2.75) is 25.4 Å². The smallest absolute Gasteiger partial charge is 0.274 e. The van der Waals surface area contributed by atoms with Crippen molar-refractivity contribution >= 4 is 5.91 Å². The first-order valence-electron chi connectivity index (χ1n) is 7.89. The summed E-state index contributed by atoms with van der Waals surface area (Å²) in [6.07, 6.45) is 5.00. The van der Waals surface area contributed by atoms with Gasteiger partial charge in [0.05, 0.1) is 19.2 Å². The number of methoxy groups -OCH3 is 1. The summed E-state index contributed by atoms with van der Waals surface area (Å²) < 4.78 is 8.01. The van der Waals surface area contributed by atoms with Gasteiger partial charge in [0, 0.05) is 26.3 Å². The van der Waals surface area contributed by atoms with E-state index >= 15 is 0 Å². The second-order valence-electron chi connectivity index (χ2n) is 5.70. The Bertz CT molecular complexity index is 742. The van der Waals surface area contributed by atoms with Crippen molar-refractivity contribution in [1.29, 1.82) is 0 Å². The molecule has 9 nitrogen and oxygen atoms in total. The lowest BCUT2D eigenvalue weighted by Gasteiger charge is -2.32. The van der Waals surface area contributed by atoms with Crippen molar-refractivity contribution in [3.63, 3.8) is 0 Å². The van der Waals surface area contributed by atoms with Crippen molar-refractivity contribution < 1.29 is 9.53 Å². The number of hydrogen-bond donors (Lipinski definition) is 0. The highest BCUT2D eigenvalue weighted by atomic mass is 16.5. The molecule has 1 saturated heterocycles. The summed E-state index contributed by atoms with van der Waals surface area (Å²) in [6, 6.07) is 2.96. The Labute approximate surface area is 138 Å². The molecule has 0 saturated carbocycles. The van der Waals surface area contributed by atoms with Crippen LogP contribution < -0.4 is 5.56 Å². The molecule has 1 amide bonds. The summed E-state index contributed by atoms with van der Waals surface area (Å²) in [6.45, 7) is 1.91. The number of ether oxygens (including phenoxy) is 1. The van der Waals surface area contributed by atoms with E-state index in [1.807, 2.05) is 0 Å². The van der Waals surface area contributed by atoms with Crippen LogP contribution in [-0.2, 0) is 11.3 Å². The number of piperidine rings is 1. The first kappa shape index (κ1) is 16.3. The molecule has 3 heterocycles. The predicted molar refractivity (Wildman–Crippen MR) is 84.6 cm³/mol. The van der Waals surface area contributed by atoms with Gasteiger partial charge in [-0.1, -0.05) is 0 Å². The highest BCUT2D eigenvalue weighted by Gasteiger charge is 2.27. The summed E-state index contributed by atoms with van der Waals surface area (Å²) in [5.41, 5.74) is 0.0210. The van der Waals surface area contributed by atoms with Crippen LogP contribution >= 0.6 is 0 Å². The molecule has 2 aromatic rings. The Balaban J connectivity index is 1.74. The molecule has 9 heteroatoms. The van der Waals surface area contributed by atoms with Gasteiger partial charge in [-0.2, -0.15) is 10.2 Å². The summed E-state index contributed by atoms with van der Waals surface area (Å²) in [7, 11) is 1.55. The van der Waals surface area contributed by atoms with Crippen LogP contribution in [0.3, 0.4) is 0 Å². The standard InChI is InChI=1S/C15H20N6O3/c1-24-8-7-20-14(22)5-4-13(18-20)15(23)19-6-2-3-12(9-19)21-11-16-10-17-21/h4-5,10-12H,2-3,6-9H2,1H3/t12-/m0/s1. The van der Waals surface area contributed by atoms with E-state index in [1.54, 1.807) is 23.0 Å². The van der Waals surface area contributed by atoms with Crippen molar-refractivity contribution in [2.24, 2.45) is 0 Å². The normalized spacial score (nSPS) is 17.9. The van der Waals surface area contributed by atoms with Crippen molar-refractivity contribution in [2.75, 3.05) is 26.8 Å². The van der Waals surface area contributed by atoms with E-state index in [2.05, 4.69) is 15.2 Å². The maximum atomic E-state index is 12.7. The molecule has 0 N–H and O–H groups in total. The zero-order valence-electron chi connectivity index (χ0n) is 13.5. The third-order valence-corrected chi connectivity index (χ3v) is 4.09. The van der Waals surface area contributed by atoms with Gasteiger partial charge in [0.15, 0.2) is 0 Å². The predicted octanol–water partition coefficient (Wildman–Crippen LogP) is -0.0415. The lowest BCUT2D eigenvalue weighted by molar-refractivity contribution is 0.0663. The lowest BCUT2D eigenvalue weighted by Crippen LogP contribution is -2.42. The molecule has 1 fully saturated rings. The second-order valence-corrected chi connectivity index (χ2v) is 5.70. The summed E-state index contributed by atoms with van der Waals surface area (Å²) >= 11 is 0. The van der Waals surface area contributed by atoms with Crippen molar-refractivity contribution in [1.82, 2.24) is 29.4 Å². The summed E-state index contributed by atoms with van der Waals surface area (Å²) in [5, 5.41) is 8.33. The number of likely N-dealkylation sites (tertiary alicyclic amines) is 1. The molecule has 24 heavy (non-hydrogen) atoms. The average molecular weight is 332 g/mol. The van der Waals surface area contributed by atoms with E-state index < -0.39 is 0 Å². The van der Waals surface area contributed by atoms with Gasteiger partial charge in [0.25, 0.3) is 11.5 Å². The third kappa shape index (κ3) is 3.51. The van der Waals surface area contributed by atoms with Crippen LogP contribution in [0.5, 0.6) is 0 Å². The molecule has 0 unspecified atom stereocenters. The number of carbonyl (C=O) groups excluding carboxylic acids is 1. The molecule has 0 bridgehead atoms. The fraction of sp³-hybridized carbons (Fsp3) is 0.533. The SMILES string of the molecule is COCCn1nc(C(=O)N2CCC[C@H](n3cncn3)C2)ccc1=O. The Hall–Kier alpha value is -2.55. The largest absolute Gasteiger partial charge is 0.383 e. The molecular weight excluding hydrogens is 312 g/mol. The van der Waals surface area contributed by atoms with Gasteiger partial charge in [-0.15, -0.1) is 0 Å². The average Bonchev–Trinajstić information content (AvgIpc) is 3.15. The van der Waals surface area contributed by atoms with E-state index in [0.717, 1.165) is 12.8 Å². The molecule has 0 spiro atoms. The molecule has 1 aliphatic heterocycles. The van der Waals surface area contributed by atoms with Gasteiger partial charge >= 0.3 is 0 Å². The van der Waals surface area contributed by atoms with Crippen LogP contribution in [-0.4, -0.2) is 62.2 Å². The number of aromatic nitrogens is 5. The Morgan fingerprint density at radius 1 is 1.42 bits per heavy atom. The maximum Gasteiger partial charge on any atom is 0.274 e. The zero-order chi connectivity index (χ0) is 16.9. The second kappa shape index (κ2) is 7.35. The van der Waals surface area contributed by atoms with E-state index in [9.17, 15) is 9.59 Å². The molecule has 2 aromatic heterocycles. The van der Waals surface area contributed by atoms with Gasteiger partial charge in [-0.3, -0.25) is 9.59 Å². The maximum absolute atomic E-state index is 12.7. The van der Waals surface area contributed by atoms with E-state index in [4.69, 9.17) is 4.74 Å². The number of nitrogens with zero attached hydrogens (tertiary/aromatic N) is 6. The van der Waals surface area contributed by atoms with Crippen LogP contribution in [0.4, 0.5) is 0 Å². The van der Waals surface area contributed by atoms with E-state index in [0.29, 0.717) is 26.2 Å². The monoisotopic (exact) mass is 332 g/mol. The summed E-state index contributed by atoms with van der Waals surface area (Å²) in [4.78, 5) is 30.2. The number of rotatable bonds is 5.